The summed E-state index contributed by atoms with van der Waals surface area (Å²) in [6, 6.07) is 11.0. The number of alkyl halides is 3. The number of aryl methyl sites for hydroxylation is 2. The second kappa shape index (κ2) is 8.46. The summed E-state index contributed by atoms with van der Waals surface area (Å²) in [6.07, 6.45) is -4.89. The quantitative estimate of drug-likeness (QED) is 0.457. The Bertz CT molecular complexity index is 1120. The lowest BCUT2D eigenvalue weighted by molar-refractivity contribution is -0.385. The lowest BCUT2D eigenvalue weighted by Gasteiger charge is -2.14. The van der Waals surface area contributed by atoms with Gasteiger partial charge in [-0.15, -0.1) is 0 Å². The maximum absolute atomic E-state index is 13.2. The zero-order valence-electron chi connectivity index (χ0n) is 16.4. The molecular weight excluding hydrogens is 417 g/mol. The number of anilines is 1. The number of carbonyl (C=O) groups excluding carboxylic acids is 1. The van der Waals surface area contributed by atoms with E-state index in [2.05, 4.69) is 10.4 Å². The molecular formula is C20H17F3N4O4. The van der Waals surface area contributed by atoms with Crippen LogP contribution in [0.2, 0.25) is 0 Å². The number of aromatic nitrogens is 2. The topological polar surface area (TPSA) is 99.3 Å². The summed E-state index contributed by atoms with van der Waals surface area (Å²) in [5.74, 6) is -1.09. The summed E-state index contributed by atoms with van der Waals surface area (Å²) < 4.78 is 46.2. The molecule has 1 N–H and O–H groups in total. The number of nitrogens with one attached hydrogen (secondary N) is 1. The third-order valence-corrected chi connectivity index (χ3v) is 4.22. The molecule has 1 amide bonds. The molecule has 0 bridgehead atoms. The number of hydrogen-bond donors (Lipinski definition) is 1. The highest BCUT2D eigenvalue weighted by molar-refractivity contribution is 5.91. The maximum Gasteiger partial charge on any atom is 0.420 e. The molecule has 1 heterocycles. The SMILES string of the molecule is Cc1ccc(-n2nc(C)cc2NC(=O)COc2ccc([N+](=O)[O-])cc2C(F)(F)F)cc1. The molecule has 0 atom stereocenters. The number of nitrogens with zero attached hydrogens (tertiary/aromatic N) is 3. The average Bonchev–Trinajstić information content (AvgIpc) is 3.06. The Morgan fingerprint density at radius 2 is 1.84 bits per heavy atom. The standard InChI is InChI=1S/C20H17F3N4O4/c1-12-3-5-14(6-4-12)26-18(9-13(2)25-26)24-19(28)11-31-17-8-7-15(27(29)30)10-16(17)20(21,22)23/h3-10H,11H2,1-2H3,(H,24,28). The van der Waals surface area contributed by atoms with E-state index >= 15 is 0 Å². The predicted molar refractivity (Wildman–Crippen MR) is 105 cm³/mol. The van der Waals surface area contributed by atoms with Crippen LogP contribution in [0.3, 0.4) is 0 Å². The number of nitro benzene ring substituents is 1. The van der Waals surface area contributed by atoms with Crippen LogP contribution in [-0.4, -0.2) is 27.2 Å². The summed E-state index contributed by atoms with van der Waals surface area (Å²) in [7, 11) is 0. The minimum atomic E-state index is -4.89. The molecule has 0 fully saturated rings. The third-order valence-electron chi connectivity index (χ3n) is 4.22. The first-order valence-electron chi connectivity index (χ1n) is 8.96. The molecule has 1 aromatic heterocycles. The van der Waals surface area contributed by atoms with Crippen molar-refractivity contribution in [3.05, 3.63) is 75.5 Å². The average molecular weight is 434 g/mol. The van der Waals surface area contributed by atoms with Crippen LogP contribution in [0.4, 0.5) is 24.7 Å². The van der Waals surface area contributed by atoms with Crippen LogP contribution in [0.15, 0.2) is 48.5 Å². The van der Waals surface area contributed by atoms with E-state index in [1.54, 1.807) is 25.1 Å². The van der Waals surface area contributed by atoms with Crippen molar-refractivity contribution in [2.45, 2.75) is 20.0 Å². The van der Waals surface area contributed by atoms with Gasteiger partial charge in [-0.1, -0.05) is 17.7 Å². The van der Waals surface area contributed by atoms with Gasteiger partial charge in [-0.05, 0) is 32.0 Å². The number of non-ortho nitro benzene ring substituents is 1. The van der Waals surface area contributed by atoms with E-state index in [1.165, 1.54) is 4.68 Å². The van der Waals surface area contributed by atoms with Crippen LogP contribution in [-0.2, 0) is 11.0 Å². The zero-order valence-corrected chi connectivity index (χ0v) is 16.4. The summed E-state index contributed by atoms with van der Waals surface area (Å²) in [6.45, 7) is 2.91. The second-order valence-corrected chi connectivity index (χ2v) is 6.69. The molecule has 0 aliphatic rings. The molecule has 3 rings (SSSR count). The summed E-state index contributed by atoms with van der Waals surface area (Å²) in [5.41, 5.74) is 0.267. The van der Waals surface area contributed by atoms with Gasteiger partial charge in [0.1, 0.15) is 17.1 Å². The number of rotatable bonds is 6. The van der Waals surface area contributed by atoms with Crippen LogP contribution in [0, 0.1) is 24.0 Å². The monoisotopic (exact) mass is 434 g/mol. The lowest BCUT2D eigenvalue weighted by Crippen LogP contribution is -2.22. The first-order valence-corrected chi connectivity index (χ1v) is 8.96. The van der Waals surface area contributed by atoms with E-state index in [0.717, 1.165) is 17.7 Å². The van der Waals surface area contributed by atoms with Gasteiger partial charge in [0.15, 0.2) is 6.61 Å². The molecule has 0 aliphatic heterocycles. The van der Waals surface area contributed by atoms with Crippen LogP contribution in [0.25, 0.3) is 5.69 Å². The van der Waals surface area contributed by atoms with E-state index in [-0.39, 0.29) is 0 Å². The van der Waals surface area contributed by atoms with Crippen molar-refractivity contribution < 1.29 is 27.6 Å². The highest BCUT2D eigenvalue weighted by atomic mass is 19.4. The molecule has 162 valence electrons. The number of halogens is 3. The smallest absolute Gasteiger partial charge is 0.420 e. The van der Waals surface area contributed by atoms with Crippen LogP contribution in [0.5, 0.6) is 5.75 Å². The van der Waals surface area contributed by atoms with E-state index in [0.29, 0.717) is 23.3 Å². The fourth-order valence-corrected chi connectivity index (χ4v) is 2.77. The van der Waals surface area contributed by atoms with Crippen molar-refractivity contribution in [1.82, 2.24) is 9.78 Å². The van der Waals surface area contributed by atoms with Gasteiger partial charge in [-0.2, -0.15) is 18.3 Å². The first-order chi connectivity index (χ1) is 14.5. The van der Waals surface area contributed by atoms with Gasteiger partial charge >= 0.3 is 6.18 Å². The van der Waals surface area contributed by atoms with Gasteiger partial charge in [-0.3, -0.25) is 14.9 Å². The molecule has 0 saturated carbocycles. The Kier molecular flexibility index (Phi) is 5.95. The molecule has 8 nitrogen and oxygen atoms in total. The van der Waals surface area contributed by atoms with E-state index in [4.69, 9.17) is 4.74 Å². The molecule has 3 aromatic rings. The Labute approximate surface area is 174 Å². The number of carbonyl (C=O) groups is 1. The number of nitro groups is 1. The van der Waals surface area contributed by atoms with Gasteiger partial charge in [0.2, 0.25) is 0 Å². The fourth-order valence-electron chi connectivity index (χ4n) is 2.77. The number of benzene rings is 2. The zero-order chi connectivity index (χ0) is 22.8. The highest BCUT2D eigenvalue weighted by Gasteiger charge is 2.36. The van der Waals surface area contributed by atoms with Crippen LogP contribution < -0.4 is 10.1 Å². The molecule has 0 aliphatic carbocycles. The van der Waals surface area contributed by atoms with Crippen molar-refractivity contribution in [3.63, 3.8) is 0 Å². The summed E-state index contributed by atoms with van der Waals surface area (Å²) >= 11 is 0. The summed E-state index contributed by atoms with van der Waals surface area (Å²) in [4.78, 5) is 22.1. The highest BCUT2D eigenvalue weighted by Crippen LogP contribution is 2.38. The molecule has 0 radical (unpaired) electrons. The summed E-state index contributed by atoms with van der Waals surface area (Å²) in [5, 5.41) is 17.6. The van der Waals surface area contributed by atoms with E-state index in [9.17, 15) is 28.1 Å². The second-order valence-electron chi connectivity index (χ2n) is 6.69. The number of ether oxygens (including phenoxy) is 1. The normalized spacial score (nSPS) is 11.3. The number of hydrogen-bond acceptors (Lipinski definition) is 5. The van der Waals surface area contributed by atoms with Crippen molar-refractivity contribution in [3.8, 4) is 11.4 Å². The molecule has 11 heteroatoms. The van der Waals surface area contributed by atoms with Crippen molar-refractivity contribution in [2.75, 3.05) is 11.9 Å². The van der Waals surface area contributed by atoms with Gasteiger partial charge in [-0.25, -0.2) is 4.68 Å². The fraction of sp³-hybridized carbons (Fsp3) is 0.200. The molecule has 31 heavy (non-hydrogen) atoms. The predicted octanol–water partition coefficient (Wildman–Crippen LogP) is 4.43. The van der Waals surface area contributed by atoms with Gasteiger partial charge in [0.25, 0.3) is 11.6 Å². The lowest BCUT2D eigenvalue weighted by atomic mass is 10.1. The Morgan fingerprint density at radius 3 is 2.45 bits per heavy atom. The number of amides is 1. The van der Waals surface area contributed by atoms with Crippen LogP contribution in [0.1, 0.15) is 16.8 Å². The van der Waals surface area contributed by atoms with E-state index in [1.807, 2.05) is 19.1 Å². The Morgan fingerprint density at radius 1 is 1.16 bits per heavy atom. The molecule has 2 aromatic carbocycles. The largest absolute Gasteiger partial charge is 0.483 e. The minimum Gasteiger partial charge on any atom is -0.483 e. The first kappa shape index (κ1) is 21.8. The van der Waals surface area contributed by atoms with Gasteiger partial charge in [0, 0.05) is 18.2 Å². The molecule has 0 unspecified atom stereocenters. The van der Waals surface area contributed by atoms with Crippen LogP contribution >= 0.6 is 0 Å². The Hall–Kier alpha value is -3.89. The van der Waals surface area contributed by atoms with Gasteiger partial charge < -0.3 is 10.1 Å². The van der Waals surface area contributed by atoms with Crippen molar-refractivity contribution in [2.24, 2.45) is 0 Å². The Balaban J connectivity index is 1.76. The van der Waals surface area contributed by atoms with Crippen molar-refractivity contribution >= 4 is 17.4 Å². The molecule has 0 spiro atoms. The third kappa shape index (κ3) is 5.18. The van der Waals surface area contributed by atoms with Crippen molar-refractivity contribution in [1.29, 1.82) is 0 Å². The molecule has 0 saturated heterocycles. The van der Waals surface area contributed by atoms with E-state index < -0.39 is 40.6 Å². The van der Waals surface area contributed by atoms with Gasteiger partial charge in [0.05, 0.1) is 16.3 Å². The minimum absolute atomic E-state index is 0.315. The maximum atomic E-state index is 13.2.